The molecule has 7 nitrogen and oxygen atoms in total. The molecule has 0 saturated carbocycles. The predicted molar refractivity (Wildman–Crippen MR) is 129 cm³/mol. The number of hydrogen-bond acceptors (Lipinski definition) is 6. The smallest absolute Gasteiger partial charge is 0.271 e. The lowest BCUT2D eigenvalue weighted by molar-refractivity contribution is -0.384. The topological polar surface area (TPSA) is 111 Å². The van der Waals surface area contributed by atoms with Gasteiger partial charge in [0.05, 0.1) is 10.6 Å². The lowest BCUT2D eigenvalue weighted by Crippen LogP contribution is -2.13. The van der Waals surface area contributed by atoms with Gasteiger partial charge in [-0.3, -0.25) is 14.9 Å². The number of aromatic nitrogens is 1. The lowest BCUT2D eigenvalue weighted by atomic mass is 9.89. The number of carbonyl (C=O) groups excluding carboxylic acids is 1. The van der Waals surface area contributed by atoms with Crippen molar-refractivity contribution >= 4 is 44.5 Å². The molecule has 2 aromatic heterocycles. The third-order valence-corrected chi connectivity index (χ3v) is 6.17. The van der Waals surface area contributed by atoms with Crippen LogP contribution in [0.15, 0.2) is 60.7 Å². The number of rotatable bonds is 4. The summed E-state index contributed by atoms with van der Waals surface area (Å²) in [5, 5.41) is 14.5. The van der Waals surface area contributed by atoms with Gasteiger partial charge in [-0.05, 0) is 23.3 Å². The minimum absolute atomic E-state index is 0.102. The van der Waals surface area contributed by atoms with Gasteiger partial charge in [0.15, 0.2) is 0 Å². The van der Waals surface area contributed by atoms with Gasteiger partial charge in [-0.15, -0.1) is 11.3 Å². The van der Waals surface area contributed by atoms with Crippen LogP contribution in [-0.4, -0.2) is 15.8 Å². The van der Waals surface area contributed by atoms with Crippen molar-refractivity contribution in [2.45, 2.75) is 26.2 Å². The SMILES string of the molecule is CC(C)(C)c1cc(-c2ccccc2)c2c(N)c(C(=O)Nc3cccc([N+](=O)[O-])c3)sc2n1. The Kier molecular flexibility index (Phi) is 5.40. The summed E-state index contributed by atoms with van der Waals surface area (Å²) in [5.74, 6) is -0.428. The Morgan fingerprint density at radius 3 is 2.47 bits per heavy atom. The first-order chi connectivity index (χ1) is 15.1. The molecule has 162 valence electrons. The number of benzene rings is 2. The van der Waals surface area contributed by atoms with Gasteiger partial charge in [-0.1, -0.05) is 57.2 Å². The van der Waals surface area contributed by atoms with Crippen molar-refractivity contribution in [1.82, 2.24) is 4.98 Å². The van der Waals surface area contributed by atoms with Crippen LogP contribution in [0.2, 0.25) is 0 Å². The van der Waals surface area contributed by atoms with E-state index in [2.05, 4.69) is 26.1 Å². The molecule has 0 aliphatic rings. The largest absolute Gasteiger partial charge is 0.397 e. The number of non-ortho nitro benzene ring substituents is 1. The van der Waals surface area contributed by atoms with E-state index in [0.29, 0.717) is 21.1 Å². The maximum absolute atomic E-state index is 13.0. The molecule has 0 atom stereocenters. The van der Waals surface area contributed by atoms with Crippen LogP contribution in [0.4, 0.5) is 17.1 Å². The van der Waals surface area contributed by atoms with Crippen molar-refractivity contribution < 1.29 is 9.72 Å². The Balaban J connectivity index is 1.83. The lowest BCUT2D eigenvalue weighted by Gasteiger charge is -2.19. The maximum Gasteiger partial charge on any atom is 0.271 e. The summed E-state index contributed by atoms with van der Waals surface area (Å²) >= 11 is 1.22. The molecule has 4 rings (SSSR count). The average Bonchev–Trinajstić information content (AvgIpc) is 3.10. The summed E-state index contributed by atoms with van der Waals surface area (Å²) in [4.78, 5) is 29.4. The second-order valence-corrected chi connectivity index (χ2v) is 9.46. The van der Waals surface area contributed by atoms with Crippen LogP contribution in [0, 0.1) is 10.1 Å². The van der Waals surface area contributed by atoms with E-state index in [0.717, 1.165) is 22.2 Å². The molecule has 0 fully saturated rings. The number of anilines is 2. The van der Waals surface area contributed by atoms with Crippen molar-refractivity contribution in [2.75, 3.05) is 11.1 Å². The Morgan fingerprint density at radius 1 is 1.09 bits per heavy atom. The molecular formula is C24H22N4O3S. The van der Waals surface area contributed by atoms with Crippen LogP contribution in [0.3, 0.4) is 0 Å². The van der Waals surface area contributed by atoms with E-state index in [4.69, 9.17) is 10.7 Å². The highest BCUT2D eigenvalue weighted by Gasteiger charge is 2.24. The molecule has 0 radical (unpaired) electrons. The fourth-order valence-corrected chi connectivity index (χ4v) is 4.42. The van der Waals surface area contributed by atoms with Crippen molar-refractivity contribution in [3.05, 3.63) is 81.3 Å². The highest BCUT2D eigenvalue weighted by molar-refractivity contribution is 7.21. The molecule has 1 amide bonds. The van der Waals surface area contributed by atoms with E-state index < -0.39 is 10.8 Å². The summed E-state index contributed by atoms with van der Waals surface area (Å²) in [7, 11) is 0. The van der Waals surface area contributed by atoms with E-state index >= 15 is 0 Å². The number of fused-ring (bicyclic) bond motifs is 1. The zero-order valence-corrected chi connectivity index (χ0v) is 18.7. The summed E-state index contributed by atoms with van der Waals surface area (Å²) in [6.45, 7) is 6.26. The highest BCUT2D eigenvalue weighted by Crippen LogP contribution is 2.41. The maximum atomic E-state index is 13.0. The van der Waals surface area contributed by atoms with Crippen LogP contribution < -0.4 is 11.1 Å². The Labute approximate surface area is 189 Å². The van der Waals surface area contributed by atoms with Crippen LogP contribution in [0.1, 0.15) is 36.1 Å². The molecule has 2 aromatic carbocycles. The molecule has 0 saturated heterocycles. The van der Waals surface area contributed by atoms with Gasteiger partial charge in [0.2, 0.25) is 0 Å². The van der Waals surface area contributed by atoms with Crippen molar-refractivity contribution in [2.24, 2.45) is 0 Å². The predicted octanol–water partition coefficient (Wildman–Crippen LogP) is 6.00. The minimum Gasteiger partial charge on any atom is -0.397 e. The number of amides is 1. The summed E-state index contributed by atoms with van der Waals surface area (Å²) in [5.41, 5.74) is 9.65. The van der Waals surface area contributed by atoms with Crippen LogP contribution >= 0.6 is 11.3 Å². The van der Waals surface area contributed by atoms with Gasteiger partial charge < -0.3 is 11.1 Å². The van der Waals surface area contributed by atoms with Crippen LogP contribution in [0.5, 0.6) is 0 Å². The highest BCUT2D eigenvalue weighted by atomic mass is 32.1. The number of hydrogen-bond donors (Lipinski definition) is 2. The number of nitrogens with zero attached hydrogens (tertiary/aromatic N) is 2. The van der Waals surface area contributed by atoms with Crippen molar-refractivity contribution in [1.29, 1.82) is 0 Å². The van der Waals surface area contributed by atoms with Crippen molar-refractivity contribution in [3.63, 3.8) is 0 Å². The Morgan fingerprint density at radius 2 is 1.81 bits per heavy atom. The normalized spacial score (nSPS) is 11.5. The molecule has 0 aliphatic heterocycles. The molecule has 2 heterocycles. The number of nitro groups is 1. The van der Waals surface area contributed by atoms with Gasteiger partial charge in [0.25, 0.3) is 11.6 Å². The summed E-state index contributed by atoms with van der Waals surface area (Å²) in [6.07, 6.45) is 0. The first kappa shape index (κ1) is 21.5. The fourth-order valence-electron chi connectivity index (χ4n) is 3.40. The van der Waals surface area contributed by atoms with Crippen LogP contribution in [0.25, 0.3) is 21.3 Å². The number of pyridine rings is 1. The molecule has 0 spiro atoms. The standard InChI is InChI=1S/C24H22N4O3S/c1-24(2,3)18-13-17(14-8-5-4-6-9-14)19-20(25)21(32-23(19)27-18)22(29)26-15-10-7-11-16(12-15)28(30)31/h4-13H,25H2,1-3H3,(H,26,29). The van der Waals surface area contributed by atoms with E-state index in [1.54, 1.807) is 6.07 Å². The quantitative estimate of drug-likeness (QED) is 0.295. The first-order valence-corrected chi connectivity index (χ1v) is 10.8. The fraction of sp³-hybridized carbons (Fsp3) is 0.167. The third kappa shape index (κ3) is 4.04. The van der Waals surface area contributed by atoms with Gasteiger partial charge in [-0.25, -0.2) is 4.98 Å². The van der Waals surface area contributed by atoms with E-state index in [1.165, 1.54) is 29.5 Å². The third-order valence-electron chi connectivity index (χ3n) is 5.07. The Hall–Kier alpha value is -3.78. The Bertz CT molecular complexity index is 1340. The number of nitro benzene ring substituents is 1. The van der Waals surface area contributed by atoms with Crippen LogP contribution in [-0.2, 0) is 5.41 Å². The number of thiophene rings is 1. The number of nitrogen functional groups attached to an aromatic ring is 1. The molecule has 8 heteroatoms. The van der Waals surface area contributed by atoms with Crippen molar-refractivity contribution in [3.8, 4) is 11.1 Å². The number of nitrogens with one attached hydrogen (secondary N) is 1. The second-order valence-electron chi connectivity index (χ2n) is 8.46. The molecule has 4 aromatic rings. The van der Waals surface area contributed by atoms with Gasteiger partial charge in [0, 0.05) is 34.3 Å². The number of nitrogens with two attached hydrogens (primary N) is 1. The average molecular weight is 447 g/mol. The second kappa shape index (κ2) is 8.05. The molecular weight excluding hydrogens is 424 g/mol. The summed E-state index contributed by atoms with van der Waals surface area (Å²) < 4.78 is 0. The zero-order valence-electron chi connectivity index (χ0n) is 17.9. The van der Waals surface area contributed by atoms with E-state index in [-0.39, 0.29) is 11.1 Å². The van der Waals surface area contributed by atoms with Gasteiger partial charge in [0.1, 0.15) is 9.71 Å². The van der Waals surface area contributed by atoms with Gasteiger partial charge >= 0.3 is 0 Å². The van der Waals surface area contributed by atoms with Gasteiger partial charge in [-0.2, -0.15) is 0 Å². The molecule has 3 N–H and O–H groups in total. The van der Waals surface area contributed by atoms with E-state index in [1.807, 2.05) is 36.4 Å². The first-order valence-electron chi connectivity index (χ1n) is 10.00. The number of carbonyl (C=O) groups is 1. The molecule has 0 bridgehead atoms. The monoisotopic (exact) mass is 446 g/mol. The molecule has 0 unspecified atom stereocenters. The molecule has 32 heavy (non-hydrogen) atoms. The minimum atomic E-state index is -0.506. The zero-order chi connectivity index (χ0) is 23.0. The molecule has 0 aliphatic carbocycles. The van der Waals surface area contributed by atoms with E-state index in [9.17, 15) is 14.9 Å². The summed E-state index contributed by atoms with van der Waals surface area (Å²) in [6, 6.07) is 17.7.